The van der Waals surface area contributed by atoms with Crippen LogP contribution in [-0.4, -0.2) is 0 Å². The molecule has 2 aromatic rings. The van der Waals surface area contributed by atoms with Gasteiger partial charge in [-0.2, -0.15) is 0 Å². The SMILES string of the molecule is Cc1cc(C)c(Nc2ccc(C(C)(C)C)cc2)c(C)c1. The Hall–Kier alpha value is -1.76. The standard InChI is InChI=1S/C19H25N/c1-13-11-14(2)18(15(3)12-13)20-17-9-7-16(8-10-17)19(4,5)6/h7-12,20H,1-6H3. The summed E-state index contributed by atoms with van der Waals surface area (Å²) in [5.41, 5.74) is 7.83. The number of rotatable bonds is 2. The molecule has 0 atom stereocenters. The van der Waals surface area contributed by atoms with Crippen LogP contribution in [-0.2, 0) is 5.41 Å². The topological polar surface area (TPSA) is 12.0 Å². The first-order valence-electron chi connectivity index (χ1n) is 7.23. The van der Waals surface area contributed by atoms with Gasteiger partial charge in [0, 0.05) is 11.4 Å². The Kier molecular flexibility index (Phi) is 3.89. The molecule has 0 aliphatic carbocycles. The highest BCUT2D eigenvalue weighted by Gasteiger charge is 2.13. The van der Waals surface area contributed by atoms with Gasteiger partial charge in [0.2, 0.25) is 0 Å². The van der Waals surface area contributed by atoms with Gasteiger partial charge in [-0.15, -0.1) is 0 Å². The van der Waals surface area contributed by atoms with Gasteiger partial charge in [-0.25, -0.2) is 0 Å². The number of benzene rings is 2. The van der Waals surface area contributed by atoms with E-state index < -0.39 is 0 Å². The van der Waals surface area contributed by atoms with E-state index in [0.29, 0.717) is 0 Å². The molecule has 1 heteroatoms. The number of aryl methyl sites for hydroxylation is 3. The van der Waals surface area contributed by atoms with Crippen molar-refractivity contribution in [3.05, 3.63) is 58.7 Å². The van der Waals surface area contributed by atoms with Crippen molar-refractivity contribution >= 4 is 11.4 Å². The minimum Gasteiger partial charge on any atom is -0.355 e. The van der Waals surface area contributed by atoms with Crippen LogP contribution >= 0.6 is 0 Å². The number of nitrogens with one attached hydrogen (secondary N) is 1. The second-order valence-corrected chi connectivity index (χ2v) is 6.73. The average molecular weight is 267 g/mol. The van der Waals surface area contributed by atoms with Crippen LogP contribution in [0.15, 0.2) is 36.4 Å². The van der Waals surface area contributed by atoms with Crippen LogP contribution in [0.4, 0.5) is 11.4 Å². The van der Waals surface area contributed by atoms with Crippen LogP contribution in [0.2, 0.25) is 0 Å². The summed E-state index contributed by atoms with van der Waals surface area (Å²) in [4.78, 5) is 0. The van der Waals surface area contributed by atoms with Crippen LogP contribution in [0.5, 0.6) is 0 Å². The Morgan fingerprint density at radius 1 is 0.800 bits per heavy atom. The summed E-state index contributed by atoms with van der Waals surface area (Å²) in [7, 11) is 0. The first-order valence-corrected chi connectivity index (χ1v) is 7.23. The summed E-state index contributed by atoms with van der Waals surface area (Å²) in [6.45, 7) is 13.2. The van der Waals surface area contributed by atoms with Gasteiger partial charge >= 0.3 is 0 Å². The molecule has 20 heavy (non-hydrogen) atoms. The van der Waals surface area contributed by atoms with Crippen LogP contribution in [0.25, 0.3) is 0 Å². The van der Waals surface area contributed by atoms with E-state index in [2.05, 4.69) is 83.3 Å². The van der Waals surface area contributed by atoms with E-state index in [4.69, 9.17) is 0 Å². The molecule has 0 bridgehead atoms. The molecule has 1 nitrogen and oxygen atoms in total. The van der Waals surface area contributed by atoms with Crippen molar-refractivity contribution in [1.82, 2.24) is 0 Å². The van der Waals surface area contributed by atoms with Crippen molar-refractivity contribution in [1.29, 1.82) is 0 Å². The molecule has 2 aromatic carbocycles. The first kappa shape index (κ1) is 14.6. The molecule has 0 heterocycles. The third kappa shape index (κ3) is 3.22. The van der Waals surface area contributed by atoms with Crippen LogP contribution < -0.4 is 5.32 Å². The smallest absolute Gasteiger partial charge is 0.0443 e. The molecule has 1 N–H and O–H groups in total. The molecule has 0 fully saturated rings. The highest BCUT2D eigenvalue weighted by molar-refractivity contribution is 5.67. The van der Waals surface area contributed by atoms with Gasteiger partial charge in [0.15, 0.2) is 0 Å². The molecule has 0 radical (unpaired) electrons. The van der Waals surface area contributed by atoms with Crippen molar-refractivity contribution in [3.8, 4) is 0 Å². The monoisotopic (exact) mass is 267 g/mol. The van der Waals surface area contributed by atoms with E-state index in [0.717, 1.165) is 5.69 Å². The van der Waals surface area contributed by atoms with Crippen molar-refractivity contribution < 1.29 is 0 Å². The van der Waals surface area contributed by atoms with Gasteiger partial charge in [0.1, 0.15) is 0 Å². The van der Waals surface area contributed by atoms with Crippen molar-refractivity contribution in [2.45, 2.75) is 47.0 Å². The van der Waals surface area contributed by atoms with E-state index in [1.807, 2.05) is 0 Å². The summed E-state index contributed by atoms with van der Waals surface area (Å²) in [5.74, 6) is 0. The molecule has 0 saturated carbocycles. The molecule has 0 aromatic heterocycles. The zero-order valence-corrected chi connectivity index (χ0v) is 13.5. The zero-order chi connectivity index (χ0) is 14.9. The minimum absolute atomic E-state index is 0.203. The Morgan fingerprint density at radius 3 is 1.75 bits per heavy atom. The molecule has 0 aliphatic rings. The fourth-order valence-electron chi connectivity index (χ4n) is 2.58. The van der Waals surface area contributed by atoms with Gasteiger partial charge in [0.25, 0.3) is 0 Å². The van der Waals surface area contributed by atoms with Gasteiger partial charge < -0.3 is 5.32 Å². The Balaban J connectivity index is 2.27. The van der Waals surface area contributed by atoms with E-state index in [9.17, 15) is 0 Å². The molecule has 0 saturated heterocycles. The number of anilines is 2. The largest absolute Gasteiger partial charge is 0.355 e. The van der Waals surface area contributed by atoms with Crippen LogP contribution in [0.1, 0.15) is 43.0 Å². The van der Waals surface area contributed by atoms with Gasteiger partial charge in [-0.1, -0.05) is 50.6 Å². The van der Waals surface area contributed by atoms with Crippen molar-refractivity contribution in [2.75, 3.05) is 5.32 Å². The summed E-state index contributed by atoms with van der Waals surface area (Å²) in [6, 6.07) is 13.2. The molecular weight excluding hydrogens is 242 g/mol. The fourth-order valence-corrected chi connectivity index (χ4v) is 2.58. The Labute approximate surface area is 123 Å². The van der Waals surface area contributed by atoms with Crippen molar-refractivity contribution in [2.24, 2.45) is 0 Å². The van der Waals surface area contributed by atoms with E-state index in [1.165, 1.54) is 27.9 Å². The lowest BCUT2D eigenvalue weighted by molar-refractivity contribution is 0.590. The third-order valence-corrected chi connectivity index (χ3v) is 3.70. The summed E-state index contributed by atoms with van der Waals surface area (Å²) < 4.78 is 0. The summed E-state index contributed by atoms with van der Waals surface area (Å²) in [5, 5.41) is 3.55. The normalized spacial score (nSPS) is 11.5. The highest BCUT2D eigenvalue weighted by atomic mass is 14.9. The first-order chi connectivity index (χ1) is 9.27. The predicted octanol–water partition coefficient (Wildman–Crippen LogP) is 5.65. The van der Waals surface area contributed by atoms with Gasteiger partial charge in [0.05, 0.1) is 0 Å². The molecule has 0 aliphatic heterocycles. The molecule has 0 unspecified atom stereocenters. The average Bonchev–Trinajstić information content (AvgIpc) is 2.33. The third-order valence-electron chi connectivity index (χ3n) is 3.70. The Bertz CT molecular complexity index is 578. The van der Waals surface area contributed by atoms with Crippen LogP contribution in [0, 0.1) is 20.8 Å². The quantitative estimate of drug-likeness (QED) is 0.741. The lowest BCUT2D eigenvalue weighted by Gasteiger charge is -2.20. The predicted molar refractivity (Wildman–Crippen MR) is 89.1 cm³/mol. The fraction of sp³-hybridized carbons (Fsp3) is 0.368. The molecular formula is C19H25N. The maximum Gasteiger partial charge on any atom is 0.0443 e. The molecule has 106 valence electrons. The highest BCUT2D eigenvalue weighted by Crippen LogP contribution is 2.28. The maximum atomic E-state index is 3.55. The van der Waals surface area contributed by atoms with Gasteiger partial charge in [-0.05, 0) is 55.0 Å². The second kappa shape index (κ2) is 5.32. The molecule has 0 amide bonds. The lowest BCUT2D eigenvalue weighted by atomic mass is 9.87. The zero-order valence-electron chi connectivity index (χ0n) is 13.5. The van der Waals surface area contributed by atoms with Crippen molar-refractivity contribution in [3.63, 3.8) is 0 Å². The number of hydrogen-bond donors (Lipinski definition) is 1. The second-order valence-electron chi connectivity index (χ2n) is 6.73. The Morgan fingerprint density at radius 2 is 1.30 bits per heavy atom. The molecule has 0 spiro atoms. The maximum absolute atomic E-state index is 3.55. The van der Waals surface area contributed by atoms with E-state index in [1.54, 1.807) is 0 Å². The summed E-state index contributed by atoms with van der Waals surface area (Å²) >= 11 is 0. The number of hydrogen-bond acceptors (Lipinski definition) is 1. The molecule has 2 rings (SSSR count). The lowest BCUT2D eigenvalue weighted by Crippen LogP contribution is -2.10. The minimum atomic E-state index is 0.203. The van der Waals surface area contributed by atoms with Gasteiger partial charge in [-0.3, -0.25) is 0 Å². The van der Waals surface area contributed by atoms with E-state index >= 15 is 0 Å². The summed E-state index contributed by atoms with van der Waals surface area (Å²) in [6.07, 6.45) is 0. The van der Waals surface area contributed by atoms with Crippen LogP contribution in [0.3, 0.4) is 0 Å². The van der Waals surface area contributed by atoms with E-state index in [-0.39, 0.29) is 5.41 Å².